The van der Waals surface area contributed by atoms with E-state index in [1.54, 1.807) is 5.43 Å². The van der Waals surface area contributed by atoms with Crippen molar-refractivity contribution in [3.05, 3.63) is 22.4 Å². The van der Waals surface area contributed by atoms with Crippen LogP contribution in [0.4, 0.5) is 26.3 Å². The van der Waals surface area contributed by atoms with Crippen molar-refractivity contribution in [2.24, 2.45) is 11.8 Å². The third-order valence-electron chi connectivity index (χ3n) is 2.07. The van der Waals surface area contributed by atoms with Gasteiger partial charge in [0.05, 0.1) is 6.04 Å². The predicted molar refractivity (Wildman–Crippen MR) is 50.0 cm³/mol. The van der Waals surface area contributed by atoms with Crippen LogP contribution in [0.25, 0.3) is 0 Å². The highest BCUT2D eigenvalue weighted by Crippen LogP contribution is 2.46. The first-order valence-corrected chi connectivity index (χ1v) is 5.19. The van der Waals surface area contributed by atoms with E-state index in [0.717, 1.165) is 11.3 Å². The number of rotatable bonds is 3. The summed E-state index contributed by atoms with van der Waals surface area (Å²) in [5, 5.41) is 1.38. The van der Waals surface area contributed by atoms with E-state index < -0.39 is 24.3 Å². The topological polar surface area (TPSA) is 38.0 Å². The zero-order valence-electron chi connectivity index (χ0n) is 8.14. The Balaban J connectivity index is 3.13. The third-order valence-corrected chi connectivity index (χ3v) is 3.02. The molecule has 0 bridgehead atoms. The van der Waals surface area contributed by atoms with Crippen LogP contribution < -0.4 is 11.3 Å². The minimum Gasteiger partial charge on any atom is -0.271 e. The van der Waals surface area contributed by atoms with E-state index in [9.17, 15) is 26.3 Å². The summed E-state index contributed by atoms with van der Waals surface area (Å²) in [7, 11) is 0. The number of nitrogens with one attached hydrogen (secondary N) is 1. The molecule has 1 aromatic heterocycles. The van der Waals surface area contributed by atoms with Gasteiger partial charge in [-0.3, -0.25) is 11.3 Å². The van der Waals surface area contributed by atoms with Crippen molar-refractivity contribution in [2.45, 2.75) is 18.4 Å². The van der Waals surface area contributed by atoms with Gasteiger partial charge >= 0.3 is 12.4 Å². The lowest BCUT2D eigenvalue weighted by atomic mass is 9.97. The quantitative estimate of drug-likeness (QED) is 0.507. The molecule has 98 valence electrons. The Morgan fingerprint density at radius 2 is 1.65 bits per heavy atom. The minimum atomic E-state index is -5.42. The van der Waals surface area contributed by atoms with Crippen LogP contribution in [0.5, 0.6) is 0 Å². The van der Waals surface area contributed by atoms with Crippen molar-refractivity contribution in [1.29, 1.82) is 0 Å². The van der Waals surface area contributed by atoms with E-state index in [-0.39, 0.29) is 4.88 Å². The molecule has 3 N–H and O–H groups in total. The molecule has 2 nitrogen and oxygen atoms in total. The highest BCUT2D eigenvalue weighted by atomic mass is 32.1. The summed E-state index contributed by atoms with van der Waals surface area (Å²) in [4.78, 5) is -0.118. The first-order chi connectivity index (χ1) is 7.68. The molecule has 17 heavy (non-hydrogen) atoms. The van der Waals surface area contributed by atoms with Crippen molar-refractivity contribution < 1.29 is 26.3 Å². The van der Waals surface area contributed by atoms with E-state index in [0.29, 0.717) is 0 Å². The second kappa shape index (κ2) is 4.83. The largest absolute Gasteiger partial charge is 0.402 e. The van der Waals surface area contributed by atoms with Gasteiger partial charge in [0, 0.05) is 4.88 Å². The van der Waals surface area contributed by atoms with Gasteiger partial charge in [0.1, 0.15) is 0 Å². The Labute approximate surface area is 96.4 Å². The number of thiophene rings is 1. The first-order valence-electron chi connectivity index (χ1n) is 4.31. The summed E-state index contributed by atoms with van der Waals surface area (Å²) in [5.74, 6) is 1.29. The van der Waals surface area contributed by atoms with E-state index in [1.165, 1.54) is 17.5 Å². The smallest absolute Gasteiger partial charge is 0.271 e. The summed E-state index contributed by atoms with van der Waals surface area (Å²) < 4.78 is 74.6. The van der Waals surface area contributed by atoms with Gasteiger partial charge in [0.25, 0.3) is 0 Å². The fourth-order valence-electron chi connectivity index (χ4n) is 1.37. The molecule has 0 spiro atoms. The average Bonchev–Trinajstić information content (AvgIpc) is 2.61. The summed E-state index contributed by atoms with van der Waals surface area (Å²) in [6.07, 6.45) is -10.8. The fourth-order valence-corrected chi connectivity index (χ4v) is 2.20. The lowest BCUT2D eigenvalue weighted by molar-refractivity contribution is -0.292. The molecule has 1 heterocycles. The van der Waals surface area contributed by atoms with Crippen LogP contribution in [0.2, 0.25) is 0 Å². The van der Waals surface area contributed by atoms with Crippen molar-refractivity contribution in [3.63, 3.8) is 0 Å². The van der Waals surface area contributed by atoms with Gasteiger partial charge in [0.2, 0.25) is 0 Å². The van der Waals surface area contributed by atoms with Gasteiger partial charge in [-0.2, -0.15) is 26.3 Å². The van der Waals surface area contributed by atoms with Crippen molar-refractivity contribution in [2.75, 3.05) is 0 Å². The zero-order valence-corrected chi connectivity index (χ0v) is 8.96. The van der Waals surface area contributed by atoms with Gasteiger partial charge in [-0.1, -0.05) is 6.07 Å². The molecule has 0 saturated carbocycles. The fraction of sp³-hybridized carbons (Fsp3) is 0.500. The maximum Gasteiger partial charge on any atom is 0.402 e. The lowest BCUT2D eigenvalue weighted by Gasteiger charge is -2.29. The highest BCUT2D eigenvalue weighted by Gasteiger charge is 2.60. The van der Waals surface area contributed by atoms with E-state index in [4.69, 9.17) is 5.84 Å². The molecule has 0 aliphatic heterocycles. The molecule has 0 aliphatic rings. The predicted octanol–water partition coefficient (Wildman–Crippen LogP) is 2.99. The molecular weight excluding hydrogens is 270 g/mol. The summed E-state index contributed by atoms with van der Waals surface area (Å²) in [6, 6.07) is 0.489. The Bertz CT molecular complexity index is 330. The van der Waals surface area contributed by atoms with Crippen molar-refractivity contribution in [1.82, 2.24) is 5.43 Å². The van der Waals surface area contributed by atoms with E-state index in [2.05, 4.69) is 0 Å². The molecule has 0 radical (unpaired) electrons. The molecule has 0 aromatic carbocycles. The van der Waals surface area contributed by atoms with Crippen LogP contribution in [0.3, 0.4) is 0 Å². The Morgan fingerprint density at radius 1 is 1.12 bits per heavy atom. The van der Waals surface area contributed by atoms with Crippen LogP contribution in [0.1, 0.15) is 10.9 Å². The number of hydrogen-bond donors (Lipinski definition) is 2. The summed E-state index contributed by atoms with van der Waals surface area (Å²) in [5.41, 5.74) is 1.59. The van der Waals surface area contributed by atoms with Crippen LogP contribution in [-0.2, 0) is 0 Å². The number of hydrazine groups is 1. The van der Waals surface area contributed by atoms with Crippen LogP contribution in [-0.4, -0.2) is 12.4 Å². The SMILES string of the molecule is NNC(c1cccs1)C(C(F)(F)F)C(F)(F)F. The van der Waals surface area contributed by atoms with Crippen molar-refractivity contribution >= 4 is 11.3 Å². The monoisotopic (exact) mass is 278 g/mol. The molecular formula is C8H8F6N2S. The van der Waals surface area contributed by atoms with E-state index >= 15 is 0 Å². The molecule has 0 saturated heterocycles. The highest BCUT2D eigenvalue weighted by molar-refractivity contribution is 7.10. The van der Waals surface area contributed by atoms with Crippen molar-refractivity contribution in [3.8, 4) is 0 Å². The second-order valence-electron chi connectivity index (χ2n) is 3.22. The minimum absolute atomic E-state index is 0.118. The maximum atomic E-state index is 12.4. The Hall–Kier alpha value is -0.800. The maximum absolute atomic E-state index is 12.4. The number of nitrogens with two attached hydrogens (primary N) is 1. The molecule has 0 aliphatic carbocycles. The molecule has 0 amide bonds. The normalized spacial score (nSPS) is 15.3. The van der Waals surface area contributed by atoms with Gasteiger partial charge < -0.3 is 0 Å². The Kier molecular flexibility index (Phi) is 4.05. The zero-order chi connectivity index (χ0) is 13.3. The first kappa shape index (κ1) is 14.3. The number of halogens is 6. The number of alkyl halides is 6. The van der Waals surface area contributed by atoms with Crippen LogP contribution >= 0.6 is 11.3 Å². The Morgan fingerprint density at radius 3 is 1.94 bits per heavy atom. The standard InChI is InChI=1S/C8H8F6N2S/c9-7(10,11)6(8(12,13)14)5(16-15)4-2-1-3-17-4/h1-3,5-6,16H,15H2. The third kappa shape index (κ3) is 3.33. The van der Waals surface area contributed by atoms with Gasteiger partial charge in [-0.05, 0) is 11.4 Å². The molecule has 1 aromatic rings. The lowest BCUT2D eigenvalue weighted by Crippen LogP contribution is -2.47. The van der Waals surface area contributed by atoms with Gasteiger partial charge in [-0.25, -0.2) is 0 Å². The molecule has 1 atom stereocenters. The molecule has 0 fully saturated rings. The van der Waals surface area contributed by atoms with Gasteiger partial charge in [-0.15, -0.1) is 11.3 Å². The average molecular weight is 278 g/mol. The van der Waals surface area contributed by atoms with Crippen LogP contribution in [0, 0.1) is 5.92 Å². The van der Waals surface area contributed by atoms with Crippen LogP contribution in [0.15, 0.2) is 17.5 Å². The second-order valence-corrected chi connectivity index (χ2v) is 4.20. The van der Waals surface area contributed by atoms with Gasteiger partial charge in [0.15, 0.2) is 5.92 Å². The molecule has 1 unspecified atom stereocenters. The molecule has 9 heteroatoms. The summed E-state index contributed by atoms with van der Waals surface area (Å²) >= 11 is 0.774. The summed E-state index contributed by atoms with van der Waals surface area (Å²) in [6.45, 7) is 0. The van der Waals surface area contributed by atoms with E-state index in [1.807, 2.05) is 0 Å². The molecule has 1 rings (SSSR count). The number of hydrogen-bond acceptors (Lipinski definition) is 3.